The molecule has 0 spiro atoms. The van der Waals surface area contributed by atoms with Crippen LogP contribution in [-0.2, 0) is 11.0 Å². The maximum absolute atomic E-state index is 13.2. The van der Waals surface area contributed by atoms with Gasteiger partial charge in [-0.2, -0.15) is 13.2 Å². The molecule has 4 aromatic rings. The number of aromatic nitrogens is 3. The van der Waals surface area contributed by atoms with Gasteiger partial charge in [-0.15, -0.1) is 0 Å². The maximum atomic E-state index is 13.2. The van der Waals surface area contributed by atoms with Crippen molar-refractivity contribution in [2.45, 2.75) is 50.6 Å². The number of benzene rings is 2. The number of aromatic amines is 1. The number of pyridine rings is 1. The Hall–Kier alpha value is -3.88. The first-order valence-corrected chi connectivity index (χ1v) is 13.2. The first kappa shape index (κ1) is 26.7. The van der Waals surface area contributed by atoms with Crippen LogP contribution in [0.2, 0.25) is 0 Å². The van der Waals surface area contributed by atoms with Crippen LogP contribution in [0.15, 0.2) is 54.7 Å². The van der Waals surface area contributed by atoms with E-state index in [1.165, 1.54) is 11.6 Å². The van der Waals surface area contributed by atoms with E-state index in [1.54, 1.807) is 6.20 Å². The summed E-state index contributed by atoms with van der Waals surface area (Å²) in [5.74, 6) is 0.431. The molecule has 9 heteroatoms. The average Bonchev–Trinajstić information content (AvgIpc) is 3.19. The molecule has 0 saturated heterocycles. The van der Waals surface area contributed by atoms with E-state index in [0.717, 1.165) is 61.2 Å². The number of aliphatic carboxylic acids is 1. The molecule has 39 heavy (non-hydrogen) atoms. The van der Waals surface area contributed by atoms with E-state index in [2.05, 4.69) is 39.2 Å². The molecule has 0 radical (unpaired) electrons. The second-order valence-corrected chi connectivity index (χ2v) is 10.6. The van der Waals surface area contributed by atoms with Gasteiger partial charge in [-0.05, 0) is 67.3 Å². The molecule has 0 unspecified atom stereocenters. The molecule has 2 N–H and O–H groups in total. The van der Waals surface area contributed by atoms with E-state index >= 15 is 0 Å². The maximum Gasteiger partial charge on any atom is 0.416 e. The summed E-state index contributed by atoms with van der Waals surface area (Å²) in [6.45, 7) is 0. The molecule has 6 nitrogen and oxygen atoms in total. The van der Waals surface area contributed by atoms with Crippen LogP contribution in [0.3, 0.4) is 0 Å². The molecule has 1 aliphatic carbocycles. The summed E-state index contributed by atoms with van der Waals surface area (Å²) in [5.41, 5.74) is 4.59. The number of rotatable bonds is 6. The SMILES string of the molecule is CN(C)c1cc(-c2ccc([C@H]3CCC[C@H](CC(=O)O)CC3)cc2)ncc1-c1nc2ccc(C(F)(F)F)cc2[nH]1. The number of H-pyrrole nitrogens is 1. The Morgan fingerprint density at radius 3 is 2.51 bits per heavy atom. The Bertz CT molecular complexity index is 1480. The third-order valence-corrected chi connectivity index (χ3v) is 7.66. The van der Waals surface area contributed by atoms with Crippen LogP contribution in [0, 0.1) is 5.92 Å². The summed E-state index contributed by atoms with van der Waals surface area (Å²) in [7, 11) is 3.81. The number of anilines is 1. The van der Waals surface area contributed by atoms with E-state index < -0.39 is 17.7 Å². The van der Waals surface area contributed by atoms with E-state index in [4.69, 9.17) is 5.11 Å². The van der Waals surface area contributed by atoms with Crippen molar-refractivity contribution in [3.8, 4) is 22.6 Å². The highest BCUT2D eigenvalue weighted by atomic mass is 19.4. The fourth-order valence-electron chi connectivity index (χ4n) is 5.56. The fraction of sp³-hybridized carbons (Fsp3) is 0.367. The molecule has 204 valence electrons. The van der Waals surface area contributed by atoms with Crippen LogP contribution in [0.25, 0.3) is 33.7 Å². The second-order valence-electron chi connectivity index (χ2n) is 10.6. The van der Waals surface area contributed by atoms with E-state index in [-0.39, 0.29) is 12.3 Å². The first-order valence-electron chi connectivity index (χ1n) is 13.2. The molecule has 0 bridgehead atoms. The highest BCUT2D eigenvalue weighted by Crippen LogP contribution is 2.37. The van der Waals surface area contributed by atoms with Gasteiger partial charge in [0, 0.05) is 32.3 Å². The zero-order valence-corrected chi connectivity index (χ0v) is 21.9. The Morgan fingerprint density at radius 2 is 1.82 bits per heavy atom. The topological polar surface area (TPSA) is 82.1 Å². The van der Waals surface area contributed by atoms with Gasteiger partial charge in [0.1, 0.15) is 5.82 Å². The van der Waals surface area contributed by atoms with Gasteiger partial charge in [0.15, 0.2) is 0 Å². The summed E-state index contributed by atoms with van der Waals surface area (Å²) < 4.78 is 39.5. The molecule has 1 aliphatic rings. The lowest BCUT2D eigenvalue weighted by Gasteiger charge is -2.18. The molecule has 5 rings (SSSR count). The minimum atomic E-state index is -4.42. The van der Waals surface area contributed by atoms with Gasteiger partial charge in [0.05, 0.1) is 33.5 Å². The van der Waals surface area contributed by atoms with E-state index in [0.29, 0.717) is 28.3 Å². The number of carboxylic acid groups (broad SMARTS) is 1. The lowest BCUT2D eigenvalue weighted by Crippen LogP contribution is -2.11. The zero-order chi connectivity index (χ0) is 27.7. The average molecular weight is 537 g/mol. The Kier molecular flexibility index (Phi) is 7.34. The molecule has 0 amide bonds. The predicted molar refractivity (Wildman–Crippen MR) is 146 cm³/mol. The van der Waals surface area contributed by atoms with Crippen LogP contribution < -0.4 is 4.90 Å². The number of halogens is 3. The number of imidazole rings is 1. The van der Waals surface area contributed by atoms with Crippen molar-refractivity contribution in [2.24, 2.45) is 5.92 Å². The molecular weight excluding hydrogens is 505 g/mol. The molecular formula is C30H31F3N4O2. The molecule has 2 heterocycles. The summed E-state index contributed by atoms with van der Waals surface area (Å²) >= 11 is 0. The number of nitrogens with one attached hydrogen (secondary N) is 1. The third-order valence-electron chi connectivity index (χ3n) is 7.66. The Morgan fingerprint density at radius 1 is 1.05 bits per heavy atom. The summed E-state index contributed by atoms with van der Waals surface area (Å²) in [6, 6.07) is 13.9. The van der Waals surface area contributed by atoms with Crippen molar-refractivity contribution in [3.05, 3.63) is 65.9 Å². The van der Waals surface area contributed by atoms with E-state index in [9.17, 15) is 18.0 Å². The molecule has 2 aromatic heterocycles. The normalized spacial score (nSPS) is 18.2. The van der Waals surface area contributed by atoms with Gasteiger partial charge in [-0.3, -0.25) is 9.78 Å². The highest BCUT2D eigenvalue weighted by molar-refractivity contribution is 5.84. The smallest absolute Gasteiger partial charge is 0.416 e. The number of fused-ring (bicyclic) bond motifs is 1. The molecule has 1 saturated carbocycles. The summed E-state index contributed by atoms with van der Waals surface area (Å²) in [5, 5.41) is 9.13. The van der Waals surface area contributed by atoms with Gasteiger partial charge in [-0.1, -0.05) is 30.7 Å². The van der Waals surface area contributed by atoms with Crippen molar-refractivity contribution in [3.63, 3.8) is 0 Å². The predicted octanol–water partition coefficient (Wildman–Crippen LogP) is 7.52. The van der Waals surface area contributed by atoms with Crippen molar-refractivity contribution in [2.75, 3.05) is 19.0 Å². The van der Waals surface area contributed by atoms with Crippen molar-refractivity contribution >= 4 is 22.7 Å². The minimum Gasteiger partial charge on any atom is -0.481 e. The van der Waals surface area contributed by atoms with Crippen molar-refractivity contribution in [1.82, 2.24) is 15.0 Å². The van der Waals surface area contributed by atoms with Crippen LogP contribution in [-0.4, -0.2) is 40.1 Å². The minimum absolute atomic E-state index is 0.254. The van der Waals surface area contributed by atoms with Crippen LogP contribution in [0.5, 0.6) is 0 Å². The number of carboxylic acids is 1. The lowest BCUT2D eigenvalue weighted by molar-refractivity contribution is -0.138. The fourth-order valence-corrected chi connectivity index (χ4v) is 5.56. The van der Waals surface area contributed by atoms with Crippen LogP contribution in [0.4, 0.5) is 18.9 Å². The Labute approximate surface area is 224 Å². The molecule has 0 aliphatic heterocycles. The highest BCUT2D eigenvalue weighted by Gasteiger charge is 2.31. The second kappa shape index (κ2) is 10.7. The summed E-state index contributed by atoms with van der Waals surface area (Å²) in [4.78, 5) is 25.3. The van der Waals surface area contributed by atoms with Gasteiger partial charge in [0.2, 0.25) is 0 Å². The lowest BCUT2D eigenvalue weighted by atomic mass is 9.90. The number of nitrogens with zero attached hydrogens (tertiary/aromatic N) is 3. The summed E-state index contributed by atoms with van der Waals surface area (Å²) in [6.07, 6.45) is 2.54. The standard InChI is InChI=1S/C30H31F3N4O2/c1-37(2)27-16-25(21-10-8-20(9-11-21)19-5-3-4-18(6-7-19)14-28(38)39)34-17-23(27)29-35-24-13-12-22(30(31,32)33)15-26(24)36-29/h8-13,15-19H,3-7,14H2,1-2H3,(H,35,36)(H,38,39)/t18-,19-/m0/s1. The van der Waals surface area contributed by atoms with Gasteiger partial charge < -0.3 is 15.0 Å². The van der Waals surface area contributed by atoms with E-state index in [1.807, 2.05) is 25.1 Å². The number of alkyl halides is 3. The molecule has 1 fully saturated rings. The number of carbonyl (C=O) groups is 1. The largest absolute Gasteiger partial charge is 0.481 e. The van der Waals surface area contributed by atoms with Gasteiger partial charge in [-0.25, -0.2) is 4.98 Å². The number of hydrogen-bond acceptors (Lipinski definition) is 4. The third kappa shape index (κ3) is 5.92. The molecule has 2 aromatic carbocycles. The first-order chi connectivity index (χ1) is 18.6. The zero-order valence-electron chi connectivity index (χ0n) is 21.9. The molecule has 2 atom stereocenters. The monoisotopic (exact) mass is 536 g/mol. The number of hydrogen-bond donors (Lipinski definition) is 2. The van der Waals surface area contributed by atoms with Crippen molar-refractivity contribution in [1.29, 1.82) is 0 Å². The van der Waals surface area contributed by atoms with Crippen molar-refractivity contribution < 1.29 is 23.1 Å². The van der Waals surface area contributed by atoms with Gasteiger partial charge in [0.25, 0.3) is 0 Å². The van der Waals surface area contributed by atoms with Gasteiger partial charge >= 0.3 is 12.1 Å². The van der Waals surface area contributed by atoms with Crippen LogP contribution in [0.1, 0.15) is 55.6 Å². The quantitative estimate of drug-likeness (QED) is 0.249. The Balaban J connectivity index is 1.38. The van der Waals surface area contributed by atoms with Crippen LogP contribution >= 0.6 is 0 Å².